The van der Waals surface area contributed by atoms with E-state index in [2.05, 4.69) is 10.6 Å². The molecule has 2 aromatic rings. The Labute approximate surface area is 165 Å². The highest BCUT2D eigenvalue weighted by Gasteiger charge is 2.16. The molecule has 0 heterocycles. The van der Waals surface area contributed by atoms with Gasteiger partial charge in [-0.2, -0.15) is 0 Å². The average Bonchev–Trinajstić information content (AvgIpc) is 2.74. The van der Waals surface area contributed by atoms with Crippen LogP contribution in [-0.2, 0) is 4.79 Å². The molecule has 1 saturated carbocycles. The van der Waals surface area contributed by atoms with Crippen molar-refractivity contribution in [3.8, 4) is 11.5 Å². The van der Waals surface area contributed by atoms with E-state index in [9.17, 15) is 9.59 Å². The Morgan fingerprint density at radius 2 is 1.71 bits per heavy atom. The van der Waals surface area contributed by atoms with E-state index in [0.29, 0.717) is 22.7 Å². The van der Waals surface area contributed by atoms with E-state index in [1.54, 1.807) is 42.5 Å². The maximum absolute atomic E-state index is 12.4. The van der Waals surface area contributed by atoms with Crippen LogP contribution in [0.2, 0.25) is 0 Å². The highest BCUT2D eigenvalue weighted by atomic mass is 16.5. The molecule has 2 aromatic carbocycles. The summed E-state index contributed by atoms with van der Waals surface area (Å²) in [6.45, 7) is -0.0105. The summed E-state index contributed by atoms with van der Waals surface area (Å²) in [5, 5.41) is 5.85. The van der Waals surface area contributed by atoms with Gasteiger partial charge in [0.25, 0.3) is 11.8 Å². The third-order valence-electron chi connectivity index (χ3n) is 4.80. The molecule has 3 rings (SSSR count). The van der Waals surface area contributed by atoms with Crippen LogP contribution in [0.5, 0.6) is 11.5 Å². The number of methoxy groups -OCH3 is 1. The molecule has 0 spiro atoms. The summed E-state index contributed by atoms with van der Waals surface area (Å²) < 4.78 is 10.8. The monoisotopic (exact) mass is 382 g/mol. The molecule has 2 amide bonds. The number of hydrogen-bond acceptors (Lipinski definition) is 4. The molecular weight excluding hydrogens is 356 g/mol. The zero-order valence-corrected chi connectivity index (χ0v) is 16.1. The van der Waals surface area contributed by atoms with Gasteiger partial charge in [0.15, 0.2) is 6.61 Å². The van der Waals surface area contributed by atoms with Crippen LogP contribution in [0.1, 0.15) is 42.5 Å². The number of benzene rings is 2. The van der Waals surface area contributed by atoms with Crippen molar-refractivity contribution in [2.24, 2.45) is 0 Å². The number of rotatable bonds is 7. The summed E-state index contributed by atoms with van der Waals surface area (Å²) in [4.78, 5) is 24.4. The Bertz CT molecular complexity index is 798. The van der Waals surface area contributed by atoms with Crippen LogP contribution in [0.25, 0.3) is 0 Å². The molecular formula is C22H26N2O4. The molecule has 1 aliphatic carbocycles. The lowest BCUT2D eigenvalue weighted by atomic mass is 9.95. The topological polar surface area (TPSA) is 76.7 Å². The highest BCUT2D eigenvalue weighted by molar-refractivity contribution is 6.06. The zero-order chi connectivity index (χ0) is 19.8. The third-order valence-corrected chi connectivity index (χ3v) is 4.80. The van der Waals surface area contributed by atoms with Crippen molar-refractivity contribution in [2.45, 2.75) is 38.1 Å². The lowest BCUT2D eigenvalue weighted by Gasteiger charge is -2.22. The fourth-order valence-electron chi connectivity index (χ4n) is 3.33. The van der Waals surface area contributed by atoms with Crippen LogP contribution in [0, 0.1) is 0 Å². The van der Waals surface area contributed by atoms with Gasteiger partial charge in [-0.3, -0.25) is 9.59 Å². The zero-order valence-electron chi connectivity index (χ0n) is 16.1. The van der Waals surface area contributed by atoms with E-state index in [1.807, 2.05) is 6.07 Å². The van der Waals surface area contributed by atoms with Crippen molar-refractivity contribution in [2.75, 3.05) is 19.0 Å². The molecule has 1 aliphatic rings. The van der Waals surface area contributed by atoms with Crippen molar-refractivity contribution >= 4 is 17.5 Å². The molecule has 28 heavy (non-hydrogen) atoms. The fraction of sp³-hybridized carbons (Fsp3) is 0.364. The van der Waals surface area contributed by atoms with Gasteiger partial charge in [-0.1, -0.05) is 31.4 Å². The standard InChI is InChI=1S/C22H26N2O4/c1-27-20-10-6-5-9-19(20)22(26)24-17-11-13-18(14-12-17)28-15-21(25)23-16-7-3-2-4-8-16/h5-6,9-14,16H,2-4,7-8,15H2,1H3,(H,23,25)(H,24,26). The van der Waals surface area contributed by atoms with Crippen LogP contribution in [0.3, 0.4) is 0 Å². The van der Waals surface area contributed by atoms with Crippen LogP contribution < -0.4 is 20.1 Å². The first-order chi connectivity index (χ1) is 13.7. The molecule has 0 radical (unpaired) electrons. The van der Waals surface area contributed by atoms with E-state index in [4.69, 9.17) is 9.47 Å². The maximum atomic E-state index is 12.4. The van der Waals surface area contributed by atoms with Gasteiger partial charge in [-0.15, -0.1) is 0 Å². The fourth-order valence-corrected chi connectivity index (χ4v) is 3.33. The molecule has 148 valence electrons. The summed E-state index contributed by atoms with van der Waals surface area (Å²) in [5.41, 5.74) is 1.10. The number of para-hydroxylation sites is 1. The first-order valence-electron chi connectivity index (χ1n) is 9.62. The SMILES string of the molecule is COc1ccccc1C(=O)Nc1ccc(OCC(=O)NC2CCCCC2)cc1. The Morgan fingerprint density at radius 3 is 2.43 bits per heavy atom. The summed E-state index contributed by atoms with van der Waals surface area (Å²) in [7, 11) is 1.53. The van der Waals surface area contributed by atoms with Crippen LogP contribution in [0.4, 0.5) is 5.69 Å². The second-order valence-corrected chi connectivity index (χ2v) is 6.87. The predicted molar refractivity (Wildman–Crippen MR) is 108 cm³/mol. The largest absolute Gasteiger partial charge is 0.496 e. The molecule has 0 bridgehead atoms. The Kier molecular flexibility index (Phi) is 6.89. The van der Waals surface area contributed by atoms with Crippen molar-refractivity contribution in [3.63, 3.8) is 0 Å². The van der Waals surface area contributed by atoms with Gasteiger partial charge in [-0.25, -0.2) is 0 Å². The van der Waals surface area contributed by atoms with E-state index >= 15 is 0 Å². The molecule has 6 heteroatoms. The van der Waals surface area contributed by atoms with Crippen molar-refractivity contribution in [1.82, 2.24) is 5.32 Å². The molecule has 0 unspecified atom stereocenters. The average molecular weight is 382 g/mol. The molecule has 0 aliphatic heterocycles. The molecule has 2 N–H and O–H groups in total. The Hall–Kier alpha value is -3.02. The lowest BCUT2D eigenvalue weighted by molar-refractivity contribution is -0.124. The summed E-state index contributed by atoms with van der Waals surface area (Å²) in [5.74, 6) is 0.747. The smallest absolute Gasteiger partial charge is 0.259 e. The quantitative estimate of drug-likeness (QED) is 0.764. The highest BCUT2D eigenvalue weighted by Crippen LogP contribution is 2.21. The van der Waals surface area contributed by atoms with Gasteiger partial charge in [0.2, 0.25) is 0 Å². The minimum atomic E-state index is -0.252. The van der Waals surface area contributed by atoms with E-state index < -0.39 is 0 Å². The lowest BCUT2D eigenvalue weighted by Crippen LogP contribution is -2.38. The van der Waals surface area contributed by atoms with E-state index in [0.717, 1.165) is 12.8 Å². The molecule has 0 aromatic heterocycles. The number of nitrogens with one attached hydrogen (secondary N) is 2. The van der Waals surface area contributed by atoms with Gasteiger partial charge < -0.3 is 20.1 Å². The van der Waals surface area contributed by atoms with Crippen LogP contribution in [0.15, 0.2) is 48.5 Å². The first-order valence-corrected chi connectivity index (χ1v) is 9.62. The number of hydrogen-bond donors (Lipinski definition) is 2. The third kappa shape index (κ3) is 5.49. The second-order valence-electron chi connectivity index (χ2n) is 6.87. The van der Waals surface area contributed by atoms with Gasteiger partial charge in [0.05, 0.1) is 12.7 Å². The number of carbonyl (C=O) groups is 2. The Balaban J connectivity index is 1.49. The molecule has 0 atom stereocenters. The van der Waals surface area contributed by atoms with Gasteiger partial charge in [0, 0.05) is 11.7 Å². The van der Waals surface area contributed by atoms with Gasteiger partial charge >= 0.3 is 0 Å². The number of carbonyl (C=O) groups excluding carboxylic acids is 2. The van der Waals surface area contributed by atoms with Gasteiger partial charge in [0.1, 0.15) is 11.5 Å². The molecule has 6 nitrogen and oxygen atoms in total. The summed E-state index contributed by atoms with van der Waals surface area (Å²) >= 11 is 0. The van der Waals surface area contributed by atoms with Crippen molar-refractivity contribution in [3.05, 3.63) is 54.1 Å². The number of anilines is 1. The molecule has 0 saturated heterocycles. The Morgan fingerprint density at radius 1 is 1.00 bits per heavy atom. The number of ether oxygens (including phenoxy) is 2. The second kappa shape index (κ2) is 9.78. The maximum Gasteiger partial charge on any atom is 0.259 e. The van der Waals surface area contributed by atoms with Gasteiger partial charge in [-0.05, 0) is 49.2 Å². The van der Waals surface area contributed by atoms with E-state index in [-0.39, 0.29) is 24.5 Å². The minimum Gasteiger partial charge on any atom is -0.496 e. The summed E-state index contributed by atoms with van der Waals surface area (Å²) in [6.07, 6.45) is 5.70. The van der Waals surface area contributed by atoms with Crippen LogP contribution >= 0.6 is 0 Å². The van der Waals surface area contributed by atoms with Crippen molar-refractivity contribution < 1.29 is 19.1 Å². The van der Waals surface area contributed by atoms with Crippen LogP contribution in [-0.4, -0.2) is 31.6 Å². The molecule has 1 fully saturated rings. The number of amides is 2. The first kappa shape index (κ1) is 19.7. The summed E-state index contributed by atoms with van der Waals surface area (Å²) in [6, 6.07) is 14.2. The minimum absolute atomic E-state index is 0.0105. The van der Waals surface area contributed by atoms with Crippen molar-refractivity contribution in [1.29, 1.82) is 0 Å². The van der Waals surface area contributed by atoms with E-state index in [1.165, 1.54) is 26.4 Å². The normalized spacial score (nSPS) is 14.2. The predicted octanol–water partition coefficient (Wildman–Crippen LogP) is 3.78.